The summed E-state index contributed by atoms with van der Waals surface area (Å²) in [4.78, 5) is 6.37. The van der Waals surface area contributed by atoms with Gasteiger partial charge in [-0.25, -0.2) is 10.6 Å². The van der Waals surface area contributed by atoms with Crippen LogP contribution < -0.4 is 0 Å². The molecule has 0 aliphatic carbocycles. The molecular weight excluding hydrogens is 269 g/mol. The van der Waals surface area contributed by atoms with Crippen LogP contribution >= 0.6 is 0 Å². The highest BCUT2D eigenvalue weighted by molar-refractivity contribution is 6.64. The summed E-state index contributed by atoms with van der Waals surface area (Å²) in [5, 5.41) is 2.93. The van der Waals surface area contributed by atoms with Crippen molar-refractivity contribution in [3.8, 4) is 0 Å². The van der Waals surface area contributed by atoms with Gasteiger partial charge >= 0.3 is 0 Å². The van der Waals surface area contributed by atoms with Gasteiger partial charge < -0.3 is 4.94 Å². The lowest BCUT2D eigenvalue weighted by Crippen LogP contribution is -2.16. The van der Waals surface area contributed by atoms with Crippen molar-refractivity contribution < 1.29 is 0 Å². The van der Waals surface area contributed by atoms with Crippen molar-refractivity contribution >= 4 is 14.1 Å². The summed E-state index contributed by atoms with van der Waals surface area (Å²) in [6, 6.07) is 5.72. The summed E-state index contributed by atoms with van der Waals surface area (Å²) in [7, 11) is 0. The van der Waals surface area contributed by atoms with Gasteiger partial charge in [0.15, 0.2) is 0 Å². The molecule has 1 aromatic heterocycles. The van der Waals surface area contributed by atoms with E-state index in [-0.39, 0.29) is 0 Å². The van der Waals surface area contributed by atoms with Crippen molar-refractivity contribution in [3.63, 3.8) is 0 Å². The third-order valence-electron chi connectivity index (χ3n) is 2.98. The first-order chi connectivity index (χ1) is 9.70. The van der Waals surface area contributed by atoms with E-state index in [1.54, 1.807) is 12.4 Å². The maximum Gasteiger partial charge on any atom is 0.0267 e. The minimum atomic E-state index is -0.630. The SMILES string of the molecule is CC(C)[CH2][Al-](/[CH]=C/C(C)(C)C)[CH2]C(C)C.c1ccncc1. The highest BCUT2D eigenvalue weighted by Crippen LogP contribution is 2.19. The van der Waals surface area contributed by atoms with Crippen LogP contribution in [-0.2, 0) is 0 Å². The highest BCUT2D eigenvalue weighted by Gasteiger charge is 2.06. The Balaban J connectivity index is 0.000000547. The summed E-state index contributed by atoms with van der Waals surface area (Å²) in [5.41, 5.74) is 0.360. The molecule has 0 N–H and O–H groups in total. The average Bonchev–Trinajstić information content (AvgIpc) is 2.37. The molecule has 1 heterocycles. The predicted octanol–water partition coefficient (Wildman–Crippen LogP) is 6.02. The smallest absolute Gasteiger partial charge is 0.0267 e. The Morgan fingerprint density at radius 3 is 1.62 bits per heavy atom. The molecule has 0 bridgehead atoms. The molecule has 0 unspecified atom stereocenters. The largest absolute Gasteiger partial charge is 0.306 e. The van der Waals surface area contributed by atoms with Gasteiger partial charge in [0, 0.05) is 12.4 Å². The van der Waals surface area contributed by atoms with E-state index in [4.69, 9.17) is 0 Å². The molecule has 21 heavy (non-hydrogen) atoms. The summed E-state index contributed by atoms with van der Waals surface area (Å²) in [6.45, 7) is 16.3. The molecule has 0 fully saturated rings. The zero-order valence-corrected chi connectivity index (χ0v) is 16.3. The van der Waals surface area contributed by atoms with Crippen LogP contribution in [0, 0.1) is 17.3 Å². The lowest BCUT2D eigenvalue weighted by molar-refractivity contribution is 0.544. The summed E-state index contributed by atoms with van der Waals surface area (Å²) >= 11 is -0.630. The molecule has 2 heteroatoms. The fraction of sp³-hybridized carbons (Fsp3) is 0.632. The predicted molar refractivity (Wildman–Crippen MR) is 97.9 cm³/mol. The Hall–Kier alpha value is -0.578. The molecular formula is C19H34AlN-. The van der Waals surface area contributed by atoms with E-state index >= 15 is 0 Å². The van der Waals surface area contributed by atoms with Crippen molar-refractivity contribution in [2.24, 2.45) is 17.3 Å². The number of allylic oxidation sites excluding steroid dienone is 1. The van der Waals surface area contributed by atoms with E-state index in [9.17, 15) is 0 Å². The molecule has 0 saturated carbocycles. The van der Waals surface area contributed by atoms with Crippen molar-refractivity contribution in [1.29, 1.82) is 0 Å². The Bertz CT molecular complexity index is 326. The molecule has 1 aromatic rings. The fourth-order valence-electron chi connectivity index (χ4n) is 2.20. The Morgan fingerprint density at radius 1 is 0.905 bits per heavy atom. The Labute approximate surface area is 137 Å². The standard InChI is InChI=1S/C6H11.C5H5N.2C4H9.Al/c1-5-6(2,3)4;1-2-4-6-5-3-1;2*1-4(2)3;/h1,5H,2-4H3;1-5H;2*4H,1H2,2-3H3;/q;;;;-1. The average molecular weight is 303 g/mol. The summed E-state index contributed by atoms with van der Waals surface area (Å²) in [6.07, 6.45) is 5.94. The van der Waals surface area contributed by atoms with Crippen LogP contribution in [0.3, 0.4) is 0 Å². The second kappa shape index (κ2) is 11.1. The quantitative estimate of drug-likeness (QED) is 0.606. The van der Waals surface area contributed by atoms with Gasteiger partial charge in [-0.1, -0.05) is 66.4 Å². The van der Waals surface area contributed by atoms with Crippen LogP contribution in [-0.4, -0.2) is 19.1 Å². The van der Waals surface area contributed by atoms with Crippen molar-refractivity contribution in [3.05, 3.63) is 41.6 Å². The van der Waals surface area contributed by atoms with Gasteiger partial charge in [-0.15, -0.1) is 6.08 Å². The number of rotatable bonds is 5. The molecule has 0 spiro atoms. The van der Waals surface area contributed by atoms with Crippen LogP contribution in [0.15, 0.2) is 41.6 Å². The van der Waals surface area contributed by atoms with Crippen LogP contribution in [0.25, 0.3) is 0 Å². The van der Waals surface area contributed by atoms with E-state index in [2.05, 4.69) is 64.5 Å². The van der Waals surface area contributed by atoms with Crippen LogP contribution in [0.5, 0.6) is 0 Å². The summed E-state index contributed by atoms with van der Waals surface area (Å²) < 4.78 is 0. The molecule has 0 atom stereocenters. The highest BCUT2D eigenvalue weighted by atomic mass is 27.2. The molecule has 0 aromatic carbocycles. The number of pyridine rings is 1. The lowest BCUT2D eigenvalue weighted by Gasteiger charge is -2.27. The molecule has 119 valence electrons. The van der Waals surface area contributed by atoms with Crippen LogP contribution in [0.1, 0.15) is 48.5 Å². The van der Waals surface area contributed by atoms with Crippen molar-refractivity contribution in [2.75, 3.05) is 0 Å². The van der Waals surface area contributed by atoms with Crippen molar-refractivity contribution in [2.45, 2.75) is 59.0 Å². The zero-order valence-electron chi connectivity index (χ0n) is 15.1. The van der Waals surface area contributed by atoms with E-state index in [0.29, 0.717) is 5.41 Å². The first kappa shape index (κ1) is 20.4. The molecule has 1 nitrogen and oxygen atoms in total. The third-order valence-corrected chi connectivity index (χ3v) is 6.82. The molecule has 1 radical (unpaired) electrons. The molecule has 0 saturated heterocycles. The first-order valence-corrected chi connectivity index (χ1v) is 10.5. The maximum atomic E-state index is 3.78. The van der Waals surface area contributed by atoms with E-state index in [1.165, 1.54) is 10.6 Å². The molecule has 0 aliphatic heterocycles. The van der Waals surface area contributed by atoms with Crippen LogP contribution in [0.2, 0.25) is 10.6 Å². The monoisotopic (exact) mass is 303 g/mol. The van der Waals surface area contributed by atoms with Gasteiger partial charge in [-0.2, -0.15) is 0 Å². The van der Waals surface area contributed by atoms with E-state index in [0.717, 1.165) is 11.8 Å². The summed E-state index contributed by atoms with van der Waals surface area (Å²) in [5.74, 6) is 1.73. The van der Waals surface area contributed by atoms with Gasteiger partial charge in [0.05, 0.1) is 0 Å². The van der Waals surface area contributed by atoms with Crippen molar-refractivity contribution in [1.82, 2.24) is 4.98 Å². The molecule has 0 aliphatic rings. The zero-order chi connectivity index (χ0) is 16.3. The number of hydrogen-bond acceptors (Lipinski definition) is 1. The minimum Gasteiger partial charge on any atom is -0.306 e. The van der Waals surface area contributed by atoms with Gasteiger partial charge in [-0.05, 0) is 31.7 Å². The number of aromatic nitrogens is 1. The normalized spacial score (nSPS) is 12.1. The minimum absolute atomic E-state index is 0.360. The first-order valence-electron chi connectivity index (χ1n) is 8.25. The molecule has 0 amide bonds. The number of hydrogen-bond donors (Lipinski definition) is 0. The van der Waals surface area contributed by atoms with E-state index in [1.807, 2.05) is 18.2 Å². The van der Waals surface area contributed by atoms with Gasteiger partial charge in [-0.3, -0.25) is 4.98 Å². The van der Waals surface area contributed by atoms with Gasteiger partial charge in [0.2, 0.25) is 0 Å². The van der Waals surface area contributed by atoms with Gasteiger partial charge in [0.1, 0.15) is 0 Å². The fourth-order valence-corrected chi connectivity index (χ4v) is 5.98. The van der Waals surface area contributed by atoms with E-state index < -0.39 is 14.1 Å². The number of nitrogens with zero attached hydrogens (tertiary/aromatic N) is 1. The topological polar surface area (TPSA) is 12.9 Å². The van der Waals surface area contributed by atoms with Crippen LogP contribution in [0.4, 0.5) is 0 Å². The maximum absolute atomic E-state index is 3.78. The second-order valence-electron chi connectivity index (χ2n) is 7.77. The third kappa shape index (κ3) is 15.6. The second-order valence-corrected chi connectivity index (χ2v) is 10.6. The Kier molecular flexibility index (Phi) is 10.7. The lowest BCUT2D eigenvalue weighted by atomic mass is 9.98. The Morgan fingerprint density at radius 2 is 1.38 bits per heavy atom. The van der Waals surface area contributed by atoms with Gasteiger partial charge in [0.25, 0.3) is 0 Å². The molecule has 1 rings (SSSR count).